The Labute approximate surface area is 186 Å². The molecule has 0 unspecified atom stereocenters. The lowest BCUT2D eigenvalue weighted by Crippen LogP contribution is -2.35. The van der Waals surface area contributed by atoms with Gasteiger partial charge in [0.15, 0.2) is 18.1 Å². The molecule has 2 aromatic carbocycles. The van der Waals surface area contributed by atoms with E-state index in [9.17, 15) is 9.59 Å². The summed E-state index contributed by atoms with van der Waals surface area (Å²) in [5.41, 5.74) is 3.62. The van der Waals surface area contributed by atoms with Crippen molar-refractivity contribution in [1.29, 1.82) is 0 Å². The van der Waals surface area contributed by atoms with E-state index in [2.05, 4.69) is 15.8 Å². The van der Waals surface area contributed by atoms with Crippen molar-refractivity contribution in [1.82, 2.24) is 10.7 Å². The van der Waals surface area contributed by atoms with Crippen LogP contribution in [0.5, 0.6) is 17.2 Å². The zero-order valence-electron chi connectivity index (χ0n) is 18.1. The van der Waals surface area contributed by atoms with E-state index in [4.69, 9.17) is 18.9 Å². The Bertz CT molecular complexity index is 939. The Kier molecular flexibility index (Phi) is 8.44. The van der Waals surface area contributed by atoms with Crippen LogP contribution in [0, 0.1) is 0 Å². The fraction of sp³-hybridized carbons (Fsp3) is 0.348. The molecule has 1 saturated heterocycles. The maximum Gasteiger partial charge on any atom is 0.271 e. The molecule has 1 fully saturated rings. The van der Waals surface area contributed by atoms with Crippen molar-refractivity contribution in [3.63, 3.8) is 0 Å². The zero-order chi connectivity index (χ0) is 22.8. The maximum atomic E-state index is 12.3. The first-order valence-corrected chi connectivity index (χ1v) is 10.3. The number of hydrogen-bond acceptors (Lipinski definition) is 7. The summed E-state index contributed by atoms with van der Waals surface area (Å²) in [5.74, 6) is 0.986. The summed E-state index contributed by atoms with van der Waals surface area (Å²) in [6.45, 7) is 1.20. The van der Waals surface area contributed by atoms with Gasteiger partial charge in [-0.2, -0.15) is 5.10 Å². The van der Waals surface area contributed by atoms with Crippen molar-refractivity contribution >= 4 is 18.0 Å². The monoisotopic (exact) mass is 441 g/mol. The second-order valence-corrected chi connectivity index (χ2v) is 7.07. The number of carbonyl (C=O) groups excluding carboxylic acids is 2. The average Bonchev–Trinajstić information content (AvgIpc) is 3.35. The van der Waals surface area contributed by atoms with Crippen molar-refractivity contribution < 1.29 is 28.5 Å². The first-order valence-electron chi connectivity index (χ1n) is 10.3. The number of nitrogens with one attached hydrogen (secondary N) is 2. The van der Waals surface area contributed by atoms with Crippen LogP contribution in [0.3, 0.4) is 0 Å². The van der Waals surface area contributed by atoms with Crippen LogP contribution in [0.2, 0.25) is 0 Å². The van der Waals surface area contributed by atoms with Gasteiger partial charge in [-0.15, -0.1) is 0 Å². The SMILES string of the molecule is COc1ccc(C(=O)N/N=C/c2ccc(OCC(=O)NC[C@H]3CCCO3)cc2)cc1OC. The van der Waals surface area contributed by atoms with E-state index < -0.39 is 0 Å². The molecule has 0 spiro atoms. The van der Waals surface area contributed by atoms with Gasteiger partial charge >= 0.3 is 0 Å². The first kappa shape index (κ1) is 23.1. The van der Waals surface area contributed by atoms with Gasteiger partial charge < -0.3 is 24.3 Å². The van der Waals surface area contributed by atoms with E-state index in [1.165, 1.54) is 20.4 Å². The Morgan fingerprint density at radius 2 is 1.91 bits per heavy atom. The lowest BCUT2D eigenvalue weighted by Gasteiger charge is -2.11. The van der Waals surface area contributed by atoms with E-state index >= 15 is 0 Å². The van der Waals surface area contributed by atoms with Crippen molar-refractivity contribution in [3.05, 3.63) is 53.6 Å². The summed E-state index contributed by atoms with van der Waals surface area (Å²) < 4.78 is 21.3. The number of rotatable bonds is 10. The summed E-state index contributed by atoms with van der Waals surface area (Å²) in [5, 5.41) is 6.78. The molecule has 0 bridgehead atoms. The highest BCUT2D eigenvalue weighted by molar-refractivity contribution is 5.95. The number of hydrogen-bond donors (Lipinski definition) is 2. The highest BCUT2D eigenvalue weighted by atomic mass is 16.5. The van der Waals surface area contributed by atoms with E-state index in [0.717, 1.165) is 25.0 Å². The molecule has 3 rings (SSSR count). The molecule has 1 heterocycles. The Morgan fingerprint density at radius 3 is 2.59 bits per heavy atom. The predicted molar refractivity (Wildman–Crippen MR) is 119 cm³/mol. The molecule has 0 radical (unpaired) electrons. The van der Waals surface area contributed by atoms with E-state index in [1.54, 1.807) is 42.5 Å². The van der Waals surface area contributed by atoms with Crippen molar-refractivity contribution in [2.75, 3.05) is 34.0 Å². The smallest absolute Gasteiger partial charge is 0.271 e. The largest absolute Gasteiger partial charge is 0.493 e. The van der Waals surface area contributed by atoms with Gasteiger partial charge in [-0.1, -0.05) is 0 Å². The number of hydrazone groups is 1. The third-order valence-corrected chi connectivity index (χ3v) is 4.83. The molecule has 0 saturated carbocycles. The van der Waals surface area contributed by atoms with Crippen LogP contribution in [-0.4, -0.2) is 58.1 Å². The molecule has 9 nitrogen and oxygen atoms in total. The van der Waals surface area contributed by atoms with Gasteiger partial charge in [0.1, 0.15) is 5.75 Å². The van der Waals surface area contributed by atoms with Gasteiger partial charge in [0.05, 0.1) is 26.5 Å². The number of benzene rings is 2. The number of carbonyl (C=O) groups is 2. The highest BCUT2D eigenvalue weighted by Gasteiger charge is 2.16. The van der Waals surface area contributed by atoms with E-state index in [1.807, 2.05) is 0 Å². The first-order chi connectivity index (χ1) is 15.6. The van der Waals surface area contributed by atoms with E-state index in [-0.39, 0.29) is 24.5 Å². The summed E-state index contributed by atoms with van der Waals surface area (Å²) in [7, 11) is 3.03. The minimum Gasteiger partial charge on any atom is -0.493 e. The lowest BCUT2D eigenvalue weighted by molar-refractivity contribution is -0.123. The molecule has 2 amide bonds. The molecule has 2 N–H and O–H groups in total. The Hall–Kier alpha value is -3.59. The van der Waals surface area contributed by atoms with Gasteiger partial charge in [0, 0.05) is 18.7 Å². The van der Waals surface area contributed by atoms with Crippen LogP contribution in [-0.2, 0) is 9.53 Å². The fourth-order valence-electron chi connectivity index (χ4n) is 3.09. The van der Waals surface area contributed by atoms with Gasteiger partial charge in [-0.05, 0) is 60.9 Å². The van der Waals surface area contributed by atoms with Crippen LogP contribution in [0.25, 0.3) is 0 Å². The van der Waals surface area contributed by atoms with Crippen LogP contribution < -0.4 is 25.0 Å². The summed E-state index contributed by atoms with van der Waals surface area (Å²) in [6, 6.07) is 11.8. The highest BCUT2D eigenvalue weighted by Crippen LogP contribution is 2.27. The normalized spacial score (nSPS) is 15.4. The second kappa shape index (κ2) is 11.7. The third-order valence-electron chi connectivity index (χ3n) is 4.83. The van der Waals surface area contributed by atoms with Gasteiger partial charge in [-0.25, -0.2) is 5.43 Å². The minimum absolute atomic E-state index is 0.0679. The molecule has 0 aliphatic carbocycles. The maximum absolute atomic E-state index is 12.3. The quantitative estimate of drug-likeness (QED) is 0.432. The standard InChI is InChI=1S/C23H27N3O6/c1-29-20-10-7-17(12-21(20)30-2)23(28)26-25-13-16-5-8-18(9-6-16)32-15-22(27)24-14-19-4-3-11-31-19/h5-10,12-13,19H,3-4,11,14-15H2,1-2H3,(H,24,27)(H,26,28)/b25-13+/t19-/m1/s1. The molecular formula is C23H27N3O6. The van der Waals surface area contributed by atoms with E-state index in [0.29, 0.717) is 29.4 Å². The molecule has 1 aliphatic rings. The third kappa shape index (κ3) is 6.71. The molecule has 1 atom stereocenters. The Morgan fingerprint density at radius 1 is 1.12 bits per heavy atom. The molecule has 170 valence electrons. The summed E-state index contributed by atoms with van der Waals surface area (Å²) >= 11 is 0. The van der Waals surface area contributed by atoms with Crippen LogP contribution in [0.15, 0.2) is 47.6 Å². The number of amides is 2. The zero-order valence-corrected chi connectivity index (χ0v) is 18.1. The average molecular weight is 441 g/mol. The van der Waals surface area contributed by atoms with Crippen LogP contribution in [0.1, 0.15) is 28.8 Å². The Balaban J connectivity index is 1.43. The van der Waals surface area contributed by atoms with Gasteiger partial charge in [-0.3, -0.25) is 9.59 Å². The number of methoxy groups -OCH3 is 2. The summed E-state index contributed by atoms with van der Waals surface area (Å²) in [4.78, 5) is 24.1. The van der Waals surface area contributed by atoms with Crippen LogP contribution in [0.4, 0.5) is 0 Å². The topological polar surface area (TPSA) is 107 Å². The molecule has 9 heteroatoms. The predicted octanol–water partition coefficient (Wildman–Crippen LogP) is 2.14. The summed E-state index contributed by atoms with van der Waals surface area (Å²) in [6.07, 6.45) is 3.62. The molecular weight excluding hydrogens is 414 g/mol. The van der Waals surface area contributed by atoms with Crippen molar-refractivity contribution in [2.45, 2.75) is 18.9 Å². The molecule has 2 aromatic rings. The van der Waals surface area contributed by atoms with Crippen molar-refractivity contribution in [3.8, 4) is 17.2 Å². The van der Waals surface area contributed by atoms with Crippen molar-refractivity contribution in [2.24, 2.45) is 5.10 Å². The van der Waals surface area contributed by atoms with Gasteiger partial charge in [0.25, 0.3) is 11.8 Å². The second-order valence-electron chi connectivity index (χ2n) is 7.07. The number of nitrogens with zero attached hydrogens (tertiary/aromatic N) is 1. The minimum atomic E-state index is -0.379. The molecule has 0 aromatic heterocycles. The molecule has 1 aliphatic heterocycles. The van der Waals surface area contributed by atoms with Gasteiger partial charge in [0.2, 0.25) is 0 Å². The van der Waals surface area contributed by atoms with Crippen LogP contribution >= 0.6 is 0 Å². The molecule has 32 heavy (non-hydrogen) atoms. The lowest BCUT2D eigenvalue weighted by atomic mass is 10.2. The fourth-order valence-corrected chi connectivity index (χ4v) is 3.09. The number of ether oxygens (including phenoxy) is 4.